The highest BCUT2D eigenvalue weighted by atomic mass is 79.9. The molecule has 2 aromatic rings. The standard InChI is InChI=1S/C20H24BrNO4S/c1-2-26-20(23)5-3-4-16-6-8-17(9-7-16)14-15-22-27(24,25)19-12-10-18(21)11-13-19/h6-13,22H,2-5,14-15H2,1H3. The Hall–Kier alpha value is -1.70. The molecule has 0 aliphatic heterocycles. The Balaban J connectivity index is 1.78. The van der Waals surface area contributed by atoms with Crippen molar-refractivity contribution in [3.05, 3.63) is 64.1 Å². The van der Waals surface area contributed by atoms with E-state index in [4.69, 9.17) is 4.74 Å². The molecule has 0 heterocycles. The Kier molecular flexibility index (Phi) is 8.47. The van der Waals surface area contributed by atoms with Crippen molar-refractivity contribution in [2.24, 2.45) is 0 Å². The number of hydrogen-bond acceptors (Lipinski definition) is 4. The van der Waals surface area contributed by atoms with Crippen molar-refractivity contribution >= 4 is 31.9 Å². The van der Waals surface area contributed by atoms with E-state index in [9.17, 15) is 13.2 Å². The highest BCUT2D eigenvalue weighted by Gasteiger charge is 2.12. The Bertz CT molecular complexity index is 833. The van der Waals surface area contributed by atoms with Crippen LogP contribution in [0.25, 0.3) is 0 Å². The van der Waals surface area contributed by atoms with Gasteiger partial charge in [0.25, 0.3) is 0 Å². The monoisotopic (exact) mass is 453 g/mol. The fourth-order valence-corrected chi connectivity index (χ4v) is 3.87. The van der Waals surface area contributed by atoms with Crippen molar-refractivity contribution in [1.82, 2.24) is 4.72 Å². The maximum Gasteiger partial charge on any atom is 0.305 e. The van der Waals surface area contributed by atoms with E-state index in [0.29, 0.717) is 26.0 Å². The average Bonchev–Trinajstić information content (AvgIpc) is 2.63. The number of ether oxygens (including phenoxy) is 1. The molecular formula is C20H24BrNO4S. The van der Waals surface area contributed by atoms with Crippen LogP contribution in [0.15, 0.2) is 57.9 Å². The number of halogens is 1. The molecule has 0 saturated carbocycles. The zero-order valence-electron chi connectivity index (χ0n) is 15.3. The minimum atomic E-state index is -3.49. The zero-order chi connectivity index (χ0) is 19.7. The Morgan fingerprint density at radius 1 is 1.00 bits per heavy atom. The molecule has 7 heteroatoms. The first-order valence-corrected chi connectivity index (χ1v) is 11.2. The van der Waals surface area contributed by atoms with Crippen LogP contribution in [0.4, 0.5) is 0 Å². The van der Waals surface area contributed by atoms with Crippen molar-refractivity contribution in [2.75, 3.05) is 13.2 Å². The molecule has 0 fully saturated rings. The fourth-order valence-electron chi connectivity index (χ4n) is 2.57. The van der Waals surface area contributed by atoms with Gasteiger partial charge in [0.15, 0.2) is 0 Å². The molecule has 0 aliphatic carbocycles. The summed E-state index contributed by atoms with van der Waals surface area (Å²) >= 11 is 3.29. The van der Waals surface area contributed by atoms with Gasteiger partial charge in [0.1, 0.15) is 0 Å². The van der Waals surface area contributed by atoms with E-state index < -0.39 is 10.0 Å². The summed E-state index contributed by atoms with van der Waals surface area (Å²) in [6.07, 6.45) is 2.60. The van der Waals surface area contributed by atoms with Crippen LogP contribution in [0.2, 0.25) is 0 Å². The van der Waals surface area contributed by atoms with Crippen molar-refractivity contribution in [3.63, 3.8) is 0 Å². The van der Waals surface area contributed by atoms with Crippen LogP contribution in [0.5, 0.6) is 0 Å². The first-order valence-electron chi connectivity index (χ1n) is 8.89. The van der Waals surface area contributed by atoms with E-state index in [-0.39, 0.29) is 10.9 Å². The predicted molar refractivity (Wildman–Crippen MR) is 109 cm³/mol. The van der Waals surface area contributed by atoms with Gasteiger partial charge < -0.3 is 4.74 Å². The quantitative estimate of drug-likeness (QED) is 0.554. The molecule has 5 nitrogen and oxygen atoms in total. The average molecular weight is 454 g/mol. The number of rotatable bonds is 10. The lowest BCUT2D eigenvalue weighted by Gasteiger charge is -2.08. The molecule has 0 aromatic heterocycles. The van der Waals surface area contributed by atoms with Gasteiger partial charge in [0.2, 0.25) is 10.0 Å². The summed E-state index contributed by atoms with van der Waals surface area (Å²) in [6.45, 7) is 2.55. The van der Waals surface area contributed by atoms with Gasteiger partial charge in [-0.1, -0.05) is 40.2 Å². The van der Waals surface area contributed by atoms with Gasteiger partial charge in [-0.3, -0.25) is 4.79 Å². The van der Waals surface area contributed by atoms with E-state index in [1.165, 1.54) is 0 Å². The molecule has 0 aliphatic rings. The number of esters is 1. The van der Waals surface area contributed by atoms with Crippen LogP contribution in [0, 0.1) is 0 Å². The Morgan fingerprint density at radius 3 is 2.19 bits per heavy atom. The highest BCUT2D eigenvalue weighted by molar-refractivity contribution is 9.10. The molecule has 0 atom stereocenters. The topological polar surface area (TPSA) is 72.5 Å². The van der Waals surface area contributed by atoms with Crippen LogP contribution in [0.1, 0.15) is 30.9 Å². The molecular weight excluding hydrogens is 430 g/mol. The second kappa shape index (κ2) is 10.6. The lowest BCUT2D eigenvalue weighted by atomic mass is 10.0. The summed E-state index contributed by atoms with van der Waals surface area (Å²) in [5.41, 5.74) is 2.21. The first-order chi connectivity index (χ1) is 12.9. The molecule has 0 radical (unpaired) electrons. The predicted octanol–water partition coefficient (Wildman–Crippen LogP) is 3.86. The smallest absolute Gasteiger partial charge is 0.305 e. The summed E-state index contributed by atoms with van der Waals surface area (Å²) in [6, 6.07) is 14.6. The van der Waals surface area contributed by atoms with Gasteiger partial charge in [-0.25, -0.2) is 13.1 Å². The largest absolute Gasteiger partial charge is 0.466 e. The third kappa shape index (κ3) is 7.44. The van der Waals surface area contributed by atoms with E-state index in [1.807, 2.05) is 24.3 Å². The number of nitrogens with one attached hydrogen (secondary N) is 1. The van der Waals surface area contributed by atoms with Crippen LogP contribution in [-0.4, -0.2) is 27.5 Å². The van der Waals surface area contributed by atoms with Gasteiger partial charge in [0, 0.05) is 17.4 Å². The minimum Gasteiger partial charge on any atom is -0.466 e. The molecule has 0 unspecified atom stereocenters. The summed E-state index contributed by atoms with van der Waals surface area (Å²) in [7, 11) is -3.49. The Labute approximate surface area is 169 Å². The molecule has 0 saturated heterocycles. The second-order valence-corrected chi connectivity index (χ2v) is 8.76. The molecule has 1 N–H and O–H groups in total. The van der Waals surface area contributed by atoms with Crippen LogP contribution in [-0.2, 0) is 32.4 Å². The van der Waals surface area contributed by atoms with Crippen LogP contribution < -0.4 is 4.72 Å². The van der Waals surface area contributed by atoms with Gasteiger partial charge >= 0.3 is 5.97 Å². The third-order valence-electron chi connectivity index (χ3n) is 4.00. The molecule has 27 heavy (non-hydrogen) atoms. The van der Waals surface area contributed by atoms with Crippen LogP contribution in [0.3, 0.4) is 0 Å². The highest BCUT2D eigenvalue weighted by Crippen LogP contribution is 2.14. The van der Waals surface area contributed by atoms with Gasteiger partial charge in [0.05, 0.1) is 11.5 Å². The number of benzene rings is 2. The number of carbonyl (C=O) groups is 1. The van der Waals surface area contributed by atoms with Gasteiger partial charge in [-0.2, -0.15) is 0 Å². The normalized spacial score (nSPS) is 11.3. The summed E-state index contributed by atoms with van der Waals surface area (Å²) in [4.78, 5) is 11.6. The van der Waals surface area contributed by atoms with Crippen LogP contribution >= 0.6 is 15.9 Å². The summed E-state index contributed by atoms with van der Waals surface area (Å²) in [5.74, 6) is -0.160. The second-order valence-electron chi connectivity index (χ2n) is 6.08. The number of aryl methyl sites for hydroxylation is 1. The third-order valence-corrected chi connectivity index (χ3v) is 6.01. The molecule has 0 amide bonds. The summed E-state index contributed by atoms with van der Waals surface area (Å²) in [5, 5.41) is 0. The SMILES string of the molecule is CCOC(=O)CCCc1ccc(CCNS(=O)(=O)c2ccc(Br)cc2)cc1. The fraction of sp³-hybridized carbons (Fsp3) is 0.350. The minimum absolute atomic E-state index is 0.160. The molecule has 2 aromatic carbocycles. The van der Waals surface area contributed by atoms with E-state index in [1.54, 1.807) is 31.2 Å². The van der Waals surface area contributed by atoms with E-state index in [2.05, 4.69) is 20.7 Å². The first kappa shape index (κ1) is 21.6. The molecule has 146 valence electrons. The lowest BCUT2D eigenvalue weighted by molar-refractivity contribution is -0.143. The van der Waals surface area contributed by atoms with Crippen molar-refractivity contribution in [1.29, 1.82) is 0 Å². The maximum atomic E-state index is 12.2. The summed E-state index contributed by atoms with van der Waals surface area (Å²) < 4.78 is 32.9. The maximum absolute atomic E-state index is 12.2. The van der Waals surface area contributed by atoms with Gasteiger partial charge in [-0.05, 0) is 61.6 Å². The Morgan fingerprint density at radius 2 is 1.59 bits per heavy atom. The van der Waals surface area contributed by atoms with Gasteiger partial charge in [-0.15, -0.1) is 0 Å². The van der Waals surface area contributed by atoms with E-state index in [0.717, 1.165) is 28.4 Å². The molecule has 0 spiro atoms. The zero-order valence-corrected chi connectivity index (χ0v) is 17.7. The lowest BCUT2D eigenvalue weighted by Crippen LogP contribution is -2.25. The number of sulfonamides is 1. The number of hydrogen-bond donors (Lipinski definition) is 1. The van der Waals surface area contributed by atoms with Crippen molar-refractivity contribution in [3.8, 4) is 0 Å². The number of carbonyl (C=O) groups excluding carboxylic acids is 1. The van der Waals surface area contributed by atoms with E-state index >= 15 is 0 Å². The van der Waals surface area contributed by atoms with Crippen molar-refractivity contribution in [2.45, 2.75) is 37.5 Å². The molecule has 0 bridgehead atoms. The molecule has 2 rings (SSSR count). The van der Waals surface area contributed by atoms with Crippen molar-refractivity contribution < 1.29 is 17.9 Å².